The third kappa shape index (κ3) is 4.75. The number of carbonyl (C=O) groups is 2. The van der Waals surface area contributed by atoms with E-state index in [-0.39, 0.29) is 21.9 Å². The van der Waals surface area contributed by atoms with Gasteiger partial charge in [0.2, 0.25) is 0 Å². The first-order valence-electron chi connectivity index (χ1n) is 6.54. The van der Waals surface area contributed by atoms with E-state index in [2.05, 4.69) is 0 Å². The van der Waals surface area contributed by atoms with Gasteiger partial charge in [-0.15, -0.1) is 11.8 Å². The largest absolute Gasteiger partial charge is 0.478 e. The van der Waals surface area contributed by atoms with Crippen LogP contribution in [0.4, 0.5) is 13.2 Å². The van der Waals surface area contributed by atoms with E-state index >= 15 is 0 Å². The van der Waals surface area contributed by atoms with Crippen LogP contribution in [0.2, 0.25) is 5.02 Å². The van der Waals surface area contributed by atoms with Crippen LogP contribution in [0.25, 0.3) is 0 Å². The zero-order valence-electron chi connectivity index (χ0n) is 11.9. The van der Waals surface area contributed by atoms with Gasteiger partial charge in [0.15, 0.2) is 5.78 Å². The highest BCUT2D eigenvalue weighted by Gasteiger charge is 2.30. The van der Waals surface area contributed by atoms with Crippen LogP contribution in [-0.2, 0) is 6.18 Å². The molecular formula is C16H10ClF3O3S. The Bertz CT molecular complexity index is 790. The van der Waals surface area contributed by atoms with Crippen molar-refractivity contribution in [1.82, 2.24) is 0 Å². The molecule has 0 bridgehead atoms. The number of aromatic carboxylic acids is 1. The molecule has 0 aliphatic rings. The predicted molar refractivity (Wildman–Crippen MR) is 84.9 cm³/mol. The molecule has 0 radical (unpaired) electrons. The maximum absolute atomic E-state index is 12.7. The first kappa shape index (κ1) is 18.4. The molecule has 0 aliphatic heterocycles. The van der Waals surface area contributed by atoms with Crippen molar-refractivity contribution in [2.75, 3.05) is 5.75 Å². The van der Waals surface area contributed by atoms with Crippen molar-refractivity contribution >= 4 is 35.1 Å². The summed E-state index contributed by atoms with van der Waals surface area (Å²) in [6.45, 7) is 0. The van der Waals surface area contributed by atoms with Crippen LogP contribution in [0.1, 0.15) is 26.3 Å². The lowest BCUT2D eigenvalue weighted by molar-refractivity contribution is -0.137. The molecule has 2 aromatic carbocycles. The number of alkyl halides is 3. The number of hydrogen-bond acceptors (Lipinski definition) is 3. The van der Waals surface area contributed by atoms with Gasteiger partial charge < -0.3 is 5.11 Å². The van der Waals surface area contributed by atoms with Crippen molar-refractivity contribution in [1.29, 1.82) is 0 Å². The van der Waals surface area contributed by atoms with E-state index in [1.807, 2.05) is 0 Å². The summed E-state index contributed by atoms with van der Waals surface area (Å²) in [5, 5.41) is 9.15. The molecule has 126 valence electrons. The molecule has 2 rings (SSSR count). The summed E-state index contributed by atoms with van der Waals surface area (Å²) in [6.07, 6.45) is -4.52. The smallest absolute Gasteiger partial charge is 0.416 e. The summed E-state index contributed by atoms with van der Waals surface area (Å²) >= 11 is 6.81. The lowest BCUT2D eigenvalue weighted by Crippen LogP contribution is -2.08. The van der Waals surface area contributed by atoms with Gasteiger partial charge in [0.25, 0.3) is 0 Å². The Hall–Kier alpha value is -1.99. The van der Waals surface area contributed by atoms with Crippen LogP contribution in [0.15, 0.2) is 47.4 Å². The Labute approximate surface area is 144 Å². The Kier molecular flexibility index (Phi) is 5.56. The molecule has 3 nitrogen and oxygen atoms in total. The molecule has 0 aromatic heterocycles. The zero-order chi connectivity index (χ0) is 17.9. The normalized spacial score (nSPS) is 11.3. The minimum Gasteiger partial charge on any atom is -0.478 e. The second kappa shape index (κ2) is 7.27. The van der Waals surface area contributed by atoms with Crippen LogP contribution < -0.4 is 0 Å². The lowest BCUT2D eigenvalue weighted by atomic mass is 10.1. The summed E-state index contributed by atoms with van der Waals surface area (Å²) in [5.41, 5.74) is -0.983. The maximum Gasteiger partial charge on any atom is 0.416 e. The Balaban J connectivity index is 2.13. The van der Waals surface area contributed by atoms with E-state index < -0.39 is 23.5 Å². The summed E-state index contributed by atoms with van der Waals surface area (Å²) < 4.78 is 38.0. The quantitative estimate of drug-likeness (QED) is 0.589. The monoisotopic (exact) mass is 374 g/mol. The number of Topliss-reactive ketones (excluding diaryl/α,β-unsaturated/α-hetero) is 1. The molecule has 0 amide bonds. The number of carboxylic acids is 1. The van der Waals surface area contributed by atoms with E-state index in [1.54, 1.807) is 0 Å². The summed E-state index contributed by atoms with van der Waals surface area (Å²) in [6, 6.07) is 8.25. The van der Waals surface area contributed by atoms with Gasteiger partial charge in [0.1, 0.15) is 0 Å². The molecule has 0 fully saturated rings. The summed E-state index contributed by atoms with van der Waals surface area (Å²) in [5.74, 6) is -1.80. The Morgan fingerprint density at radius 3 is 2.42 bits per heavy atom. The second-order valence-electron chi connectivity index (χ2n) is 4.77. The second-order valence-corrected chi connectivity index (χ2v) is 6.26. The van der Waals surface area contributed by atoms with E-state index in [9.17, 15) is 22.8 Å². The SMILES string of the molecule is O=C(O)c1cc(Cl)cc(SCC(=O)c2cccc(C(F)(F)F)c2)c1. The van der Waals surface area contributed by atoms with Crippen molar-refractivity contribution in [3.05, 3.63) is 64.2 Å². The first-order valence-corrected chi connectivity index (χ1v) is 7.90. The number of halogens is 4. The van der Waals surface area contributed by atoms with Gasteiger partial charge in [-0.2, -0.15) is 13.2 Å². The highest BCUT2D eigenvalue weighted by atomic mass is 35.5. The van der Waals surface area contributed by atoms with Gasteiger partial charge in [-0.1, -0.05) is 23.7 Å². The van der Waals surface area contributed by atoms with Gasteiger partial charge in [0.05, 0.1) is 16.9 Å². The molecule has 0 atom stereocenters. The summed E-state index contributed by atoms with van der Waals surface area (Å²) in [4.78, 5) is 23.5. The van der Waals surface area contributed by atoms with E-state index in [0.717, 1.165) is 23.9 Å². The van der Waals surface area contributed by atoms with Crippen LogP contribution in [0.3, 0.4) is 0 Å². The third-order valence-electron chi connectivity index (χ3n) is 3.00. The number of thioether (sulfide) groups is 1. The number of hydrogen-bond donors (Lipinski definition) is 1. The van der Waals surface area contributed by atoms with Gasteiger partial charge in [-0.05, 0) is 30.3 Å². The molecule has 24 heavy (non-hydrogen) atoms. The average molecular weight is 375 g/mol. The van der Waals surface area contributed by atoms with Crippen LogP contribution in [0.5, 0.6) is 0 Å². The number of carbonyl (C=O) groups excluding carboxylic acids is 1. The van der Waals surface area contributed by atoms with E-state index in [1.165, 1.54) is 30.3 Å². The van der Waals surface area contributed by atoms with Crippen LogP contribution in [-0.4, -0.2) is 22.6 Å². The molecule has 0 saturated carbocycles. The van der Waals surface area contributed by atoms with Gasteiger partial charge >= 0.3 is 12.1 Å². The number of rotatable bonds is 5. The topological polar surface area (TPSA) is 54.4 Å². The standard InChI is InChI=1S/C16H10ClF3O3S/c17-12-5-10(15(22)23)6-13(7-12)24-8-14(21)9-2-1-3-11(4-9)16(18,19)20/h1-7H,8H2,(H,22,23). The Morgan fingerprint density at radius 2 is 1.79 bits per heavy atom. The minimum absolute atomic E-state index is 0.0310. The van der Waals surface area contributed by atoms with Crippen molar-refractivity contribution in [2.45, 2.75) is 11.1 Å². The molecule has 0 saturated heterocycles. The number of ketones is 1. The lowest BCUT2D eigenvalue weighted by Gasteiger charge is -2.08. The minimum atomic E-state index is -4.52. The van der Waals surface area contributed by atoms with Gasteiger partial charge in [-0.3, -0.25) is 4.79 Å². The predicted octanol–water partition coefficient (Wildman–Crippen LogP) is 5.03. The van der Waals surface area contributed by atoms with E-state index in [0.29, 0.717) is 4.90 Å². The van der Waals surface area contributed by atoms with Crippen molar-refractivity contribution in [3.8, 4) is 0 Å². The summed E-state index contributed by atoms with van der Waals surface area (Å²) in [7, 11) is 0. The van der Waals surface area contributed by atoms with Crippen LogP contribution in [0, 0.1) is 0 Å². The fourth-order valence-corrected chi connectivity index (χ4v) is 3.06. The number of carboxylic acid groups (broad SMARTS) is 1. The van der Waals surface area contributed by atoms with Crippen LogP contribution >= 0.6 is 23.4 Å². The highest BCUT2D eigenvalue weighted by molar-refractivity contribution is 8.00. The molecular weight excluding hydrogens is 365 g/mol. The van der Waals surface area contributed by atoms with Crippen molar-refractivity contribution in [3.63, 3.8) is 0 Å². The maximum atomic E-state index is 12.7. The number of benzene rings is 2. The molecule has 2 aromatic rings. The fraction of sp³-hybridized carbons (Fsp3) is 0.125. The fourth-order valence-electron chi connectivity index (χ4n) is 1.87. The molecule has 1 N–H and O–H groups in total. The zero-order valence-corrected chi connectivity index (χ0v) is 13.5. The van der Waals surface area contributed by atoms with Crippen molar-refractivity contribution in [2.24, 2.45) is 0 Å². The molecule has 0 aliphatic carbocycles. The highest BCUT2D eigenvalue weighted by Crippen LogP contribution is 2.30. The van der Waals surface area contributed by atoms with E-state index in [4.69, 9.17) is 16.7 Å². The third-order valence-corrected chi connectivity index (χ3v) is 4.19. The first-order chi connectivity index (χ1) is 11.2. The van der Waals surface area contributed by atoms with Gasteiger partial charge in [0, 0.05) is 15.5 Å². The van der Waals surface area contributed by atoms with Gasteiger partial charge in [-0.25, -0.2) is 4.79 Å². The molecule has 0 spiro atoms. The molecule has 0 unspecified atom stereocenters. The Morgan fingerprint density at radius 1 is 1.08 bits per heavy atom. The average Bonchev–Trinajstić information content (AvgIpc) is 2.51. The van der Waals surface area contributed by atoms with Crippen molar-refractivity contribution < 1.29 is 27.9 Å². The molecule has 0 heterocycles. The molecule has 8 heteroatoms.